The average Bonchev–Trinajstić information content (AvgIpc) is 2.55. The van der Waals surface area contributed by atoms with Gasteiger partial charge in [0.2, 0.25) is 0 Å². The molecule has 1 nitrogen and oxygen atoms in total. The zero-order valence-electron chi connectivity index (χ0n) is 10.3. The molecule has 2 rings (SSSR count). The molecule has 0 saturated heterocycles. The number of hydrogen-bond donors (Lipinski definition) is 1. The van der Waals surface area contributed by atoms with Gasteiger partial charge in [-0.25, -0.2) is 8.78 Å². The molecule has 0 amide bonds. The standard InChI is InChI=1S/C14H18BrF2N/c15-11-6-7-12(16)10(14(11)17)8-9-4-2-1-3-5-13(9)18/h6-7,9,13H,1-5,8,18H2. The number of hydrogen-bond acceptors (Lipinski definition) is 1. The Balaban J connectivity index is 2.19. The Morgan fingerprint density at radius 2 is 1.89 bits per heavy atom. The van der Waals surface area contributed by atoms with Crippen molar-refractivity contribution in [2.75, 3.05) is 0 Å². The molecule has 0 heterocycles. The molecule has 2 atom stereocenters. The lowest BCUT2D eigenvalue weighted by Gasteiger charge is -2.22. The third-order valence-corrected chi connectivity index (χ3v) is 4.44. The monoisotopic (exact) mass is 317 g/mol. The van der Waals surface area contributed by atoms with Crippen LogP contribution in [0.3, 0.4) is 0 Å². The van der Waals surface area contributed by atoms with Gasteiger partial charge in [-0.05, 0) is 53.2 Å². The van der Waals surface area contributed by atoms with Crippen molar-refractivity contribution >= 4 is 15.9 Å². The highest BCUT2D eigenvalue weighted by Gasteiger charge is 2.24. The van der Waals surface area contributed by atoms with Crippen molar-refractivity contribution in [1.29, 1.82) is 0 Å². The van der Waals surface area contributed by atoms with Gasteiger partial charge in [0.15, 0.2) is 0 Å². The van der Waals surface area contributed by atoms with Gasteiger partial charge in [-0.1, -0.05) is 19.3 Å². The minimum atomic E-state index is -0.480. The summed E-state index contributed by atoms with van der Waals surface area (Å²) in [5.74, 6) is -0.760. The largest absolute Gasteiger partial charge is 0.327 e. The summed E-state index contributed by atoms with van der Waals surface area (Å²) in [5.41, 5.74) is 6.28. The molecule has 1 aliphatic carbocycles. The van der Waals surface area contributed by atoms with E-state index in [-0.39, 0.29) is 17.5 Å². The van der Waals surface area contributed by atoms with E-state index in [1.165, 1.54) is 18.6 Å². The summed E-state index contributed by atoms with van der Waals surface area (Å²) < 4.78 is 28.0. The van der Waals surface area contributed by atoms with E-state index in [4.69, 9.17) is 5.73 Å². The first-order valence-corrected chi connectivity index (χ1v) is 7.27. The summed E-state index contributed by atoms with van der Waals surface area (Å²) >= 11 is 3.10. The van der Waals surface area contributed by atoms with Crippen LogP contribution in [0.1, 0.15) is 37.7 Å². The zero-order chi connectivity index (χ0) is 13.1. The average molecular weight is 318 g/mol. The highest BCUT2D eigenvalue weighted by atomic mass is 79.9. The minimum Gasteiger partial charge on any atom is -0.327 e. The van der Waals surface area contributed by atoms with Crippen molar-refractivity contribution in [3.05, 3.63) is 33.8 Å². The molecular formula is C14H18BrF2N. The summed E-state index contributed by atoms with van der Waals surface area (Å²) in [6.45, 7) is 0. The van der Waals surface area contributed by atoms with Crippen LogP contribution in [0.15, 0.2) is 16.6 Å². The molecule has 1 saturated carbocycles. The lowest BCUT2D eigenvalue weighted by molar-refractivity contribution is 0.382. The SMILES string of the molecule is NC1CCCCCC1Cc1c(F)ccc(Br)c1F. The summed E-state index contributed by atoms with van der Waals surface area (Å²) in [6, 6.07) is 2.77. The molecule has 0 bridgehead atoms. The van der Waals surface area contributed by atoms with E-state index in [1.807, 2.05) is 0 Å². The minimum absolute atomic E-state index is 0.0604. The summed E-state index contributed by atoms with van der Waals surface area (Å²) in [7, 11) is 0. The fourth-order valence-corrected chi connectivity index (χ4v) is 3.06. The van der Waals surface area contributed by atoms with Gasteiger partial charge in [0.25, 0.3) is 0 Å². The maximum atomic E-state index is 13.9. The van der Waals surface area contributed by atoms with Crippen LogP contribution in [0.4, 0.5) is 8.78 Å². The van der Waals surface area contributed by atoms with Crippen LogP contribution in [0, 0.1) is 17.6 Å². The third kappa shape index (κ3) is 3.09. The normalized spacial score (nSPS) is 24.9. The fraction of sp³-hybridized carbons (Fsp3) is 0.571. The van der Waals surface area contributed by atoms with E-state index >= 15 is 0 Å². The van der Waals surface area contributed by atoms with Crippen LogP contribution in [0.2, 0.25) is 0 Å². The van der Waals surface area contributed by atoms with Crippen molar-refractivity contribution in [2.24, 2.45) is 11.7 Å². The number of benzene rings is 1. The molecule has 0 radical (unpaired) electrons. The van der Waals surface area contributed by atoms with Crippen molar-refractivity contribution in [3.63, 3.8) is 0 Å². The Bertz CT molecular complexity index is 423. The van der Waals surface area contributed by atoms with Gasteiger partial charge in [0, 0.05) is 11.6 Å². The molecule has 0 spiro atoms. The van der Waals surface area contributed by atoms with Crippen LogP contribution >= 0.6 is 15.9 Å². The molecular weight excluding hydrogens is 300 g/mol. The Kier molecular flexibility index (Phi) is 4.73. The Labute approximate surface area is 115 Å². The van der Waals surface area contributed by atoms with Crippen LogP contribution in [0.25, 0.3) is 0 Å². The summed E-state index contributed by atoms with van der Waals surface area (Å²) in [6.07, 6.45) is 5.73. The molecule has 1 aliphatic rings. The second-order valence-corrected chi connectivity index (χ2v) is 5.94. The van der Waals surface area contributed by atoms with Crippen molar-refractivity contribution in [1.82, 2.24) is 0 Å². The number of halogens is 3. The molecule has 1 fully saturated rings. The lowest BCUT2D eigenvalue weighted by atomic mass is 9.88. The van der Waals surface area contributed by atoms with Crippen molar-refractivity contribution < 1.29 is 8.78 Å². The molecule has 100 valence electrons. The molecule has 1 aromatic carbocycles. The molecule has 4 heteroatoms. The van der Waals surface area contributed by atoms with E-state index in [2.05, 4.69) is 15.9 Å². The first-order chi connectivity index (χ1) is 8.59. The van der Waals surface area contributed by atoms with E-state index in [1.54, 1.807) is 0 Å². The molecule has 2 N–H and O–H groups in total. The molecule has 2 unspecified atom stereocenters. The number of nitrogens with two attached hydrogens (primary N) is 1. The van der Waals surface area contributed by atoms with Gasteiger partial charge in [-0.15, -0.1) is 0 Å². The number of rotatable bonds is 2. The molecule has 1 aromatic rings. The van der Waals surface area contributed by atoms with E-state index in [0.29, 0.717) is 10.9 Å². The van der Waals surface area contributed by atoms with Crippen LogP contribution in [-0.2, 0) is 6.42 Å². The smallest absolute Gasteiger partial charge is 0.143 e. The van der Waals surface area contributed by atoms with Crippen molar-refractivity contribution in [3.8, 4) is 0 Å². The van der Waals surface area contributed by atoms with Gasteiger partial charge in [0.1, 0.15) is 11.6 Å². The maximum Gasteiger partial charge on any atom is 0.143 e. The second-order valence-electron chi connectivity index (χ2n) is 5.09. The topological polar surface area (TPSA) is 26.0 Å². The molecule has 0 aromatic heterocycles. The van der Waals surface area contributed by atoms with Gasteiger partial charge in [0.05, 0.1) is 4.47 Å². The quantitative estimate of drug-likeness (QED) is 0.642. The Morgan fingerprint density at radius 3 is 2.67 bits per heavy atom. The summed E-state index contributed by atoms with van der Waals surface area (Å²) in [4.78, 5) is 0. The van der Waals surface area contributed by atoms with Crippen molar-refractivity contribution in [2.45, 2.75) is 44.6 Å². The van der Waals surface area contributed by atoms with E-state index in [9.17, 15) is 8.78 Å². The van der Waals surface area contributed by atoms with E-state index in [0.717, 1.165) is 25.7 Å². The molecule has 18 heavy (non-hydrogen) atoms. The molecule has 0 aliphatic heterocycles. The van der Waals surface area contributed by atoms with Gasteiger partial charge >= 0.3 is 0 Å². The van der Waals surface area contributed by atoms with Gasteiger partial charge in [-0.2, -0.15) is 0 Å². The first kappa shape index (κ1) is 13.9. The van der Waals surface area contributed by atoms with Gasteiger partial charge < -0.3 is 5.73 Å². The highest BCUT2D eigenvalue weighted by molar-refractivity contribution is 9.10. The third-order valence-electron chi connectivity index (χ3n) is 3.82. The first-order valence-electron chi connectivity index (χ1n) is 6.47. The second kappa shape index (κ2) is 6.11. The Morgan fingerprint density at radius 1 is 1.17 bits per heavy atom. The predicted molar refractivity (Wildman–Crippen MR) is 72.3 cm³/mol. The zero-order valence-corrected chi connectivity index (χ0v) is 11.8. The maximum absolute atomic E-state index is 13.9. The van der Waals surface area contributed by atoms with Crippen LogP contribution in [0.5, 0.6) is 0 Å². The highest BCUT2D eigenvalue weighted by Crippen LogP contribution is 2.29. The predicted octanol–water partition coefficient (Wildman–Crippen LogP) is 4.18. The van der Waals surface area contributed by atoms with Crippen LogP contribution in [-0.4, -0.2) is 6.04 Å². The van der Waals surface area contributed by atoms with E-state index < -0.39 is 11.6 Å². The summed E-state index contributed by atoms with van der Waals surface area (Å²) in [5, 5.41) is 0. The Hall–Kier alpha value is -0.480. The lowest BCUT2D eigenvalue weighted by Crippen LogP contribution is -2.30. The van der Waals surface area contributed by atoms with Gasteiger partial charge in [-0.3, -0.25) is 0 Å². The fourth-order valence-electron chi connectivity index (χ4n) is 2.68. The van der Waals surface area contributed by atoms with Crippen LogP contribution < -0.4 is 5.73 Å².